The van der Waals surface area contributed by atoms with E-state index in [4.69, 9.17) is 5.11 Å². The van der Waals surface area contributed by atoms with Crippen molar-refractivity contribution in [2.75, 3.05) is 5.75 Å². The monoisotopic (exact) mass is 299 g/mol. The number of aliphatic carboxylic acids is 1. The maximum absolute atomic E-state index is 11.8. The quantitative estimate of drug-likeness (QED) is 0.585. The number of nitrogens with one attached hydrogen (secondary N) is 1. The highest BCUT2D eigenvalue weighted by atomic mass is 32.2. The molecule has 0 aromatic heterocycles. The van der Waals surface area contributed by atoms with Gasteiger partial charge in [-0.25, -0.2) is 4.79 Å². The number of aromatic hydroxyl groups is 2. The van der Waals surface area contributed by atoms with Crippen molar-refractivity contribution in [3.8, 4) is 11.5 Å². The molecule has 0 unspecified atom stereocenters. The molecule has 1 atom stereocenters. The molecule has 0 heterocycles. The van der Waals surface area contributed by atoms with Gasteiger partial charge in [0, 0.05) is 12.7 Å². The van der Waals surface area contributed by atoms with E-state index >= 15 is 0 Å². The van der Waals surface area contributed by atoms with Crippen molar-refractivity contribution in [3.63, 3.8) is 0 Å². The van der Waals surface area contributed by atoms with E-state index < -0.39 is 34.5 Å². The summed E-state index contributed by atoms with van der Waals surface area (Å²) in [4.78, 5) is 33.5. The van der Waals surface area contributed by atoms with Crippen LogP contribution < -0.4 is 5.32 Å². The molecule has 0 saturated heterocycles. The largest absolute Gasteiger partial charge is 0.504 e. The molecule has 0 aliphatic carbocycles. The summed E-state index contributed by atoms with van der Waals surface area (Å²) in [5.74, 6) is -2.97. The van der Waals surface area contributed by atoms with Crippen molar-refractivity contribution in [1.29, 1.82) is 0 Å². The van der Waals surface area contributed by atoms with E-state index in [9.17, 15) is 24.6 Å². The maximum Gasteiger partial charge on any atom is 0.327 e. The van der Waals surface area contributed by atoms with E-state index in [2.05, 4.69) is 5.32 Å². The Kier molecular flexibility index (Phi) is 5.39. The molecule has 108 valence electrons. The van der Waals surface area contributed by atoms with Crippen LogP contribution in [0.25, 0.3) is 0 Å². The van der Waals surface area contributed by atoms with Crippen LogP contribution >= 0.6 is 11.8 Å². The molecular formula is C12H13NO6S. The zero-order valence-corrected chi connectivity index (χ0v) is 11.3. The summed E-state index contributed by atoms with van der Waals surface area (Å²) >= 11 is 0.625. The molecular weight excluding hydrogens is 286 g/mol. The average molecular weight is 299 g/mol. The van der Waals surface area contributed by atoms with Crippen LogP contribution in [-0.2, 0) is 9.59 Å². The minimum atomic E-state index is -1.26. The lowest BCUT2D eigenvalue weighted by Gasteiger charge is -2.12. The number of carboxylic acid groups (broad SMARTS) is 1. The summed E-state index contributed by atoms with van der Waals surface area (Å²) in [6.07, 6.45) is 0. The molecule has 0 aliphatic heterocycles. The predicted molar refractivity (Wildman–Crippen MR) is 71.8 cm³/mol. The van der Waals surface area contributed by atoms with Crippen LogP contribution in [0.4, 0.5) is 0 Å². The fourth-order valence-corrected chi connectivity index (χ4v) is 2.22. The molecule has 1 aromatic rings. The van der Waals surface area contributed by atoms with E-state index in [0.717, 1.165) is 0 Å². The van der Waals surface area contributed by atoms with Crippen LogP contribution in [0.5, 0.6) is 11.5 Å². The summed E-state index contributed by atoms with van der Waals surface area (Å²) < 4.78 is 0. The summed E-state index contributed by atoms with van der Waals surface area (Å²) in [5, 5.41) is 29.3. The fourth-order valence-electron chi connectivity index (χ4n) is 1.35. The van der Waals surface area contributed by atoms with Crippen molar-refractivity contribution >= 4 is 28.8 Å². The summed E-state index contributed by atoms with van der Waals surface area (Å²) in [7, 11) is 0. The lowest BCUT2D eigenvalue weighted by molar-refractivity contribution is -0.140. The first-order valence-corrected chi connectivity index (χ1v) is 6.49. The van der Waals surface area contributed by atoms with Crippen LogP contribution in [0.2, 0.25) is 0 Å². The molecule has 0 saturated carbocycles. The number of phenolic OH excluding ortho intramolecular Hbond substituents is 2. The molecule has 8 heteroatoms. The number of thioether (sulfide) groups is 1. The molecule has 1 amide bonds. The van der Waals surface area contributed by atoms with Gasteiger partial charge in [0.1, 0.15) is 6.04 Å². The molecule has 0 spiro atoms. The van der Waals surface area contributed by atoms with Gasteiger partial charge < -0.3 is 20.6 Å². The third-order valence-corrected chi connectivity index (χ3v) is 3.27. The van der Waals surface area contributed by atoms with E-state index in [1.54, 1.807) is 0 Å². The first-order chi connectivity index (χ1) is 9.32. The smallest absolute Gasteiger partial charge is 0.327 e. The first kappa shape index (κ1) is 15.8. The number of carbonyl (C=O) groups is 3. The zero-order chi connectivity index (χ0) is 15.3. The highest BCUT2D eigenvalue weighted by Crippen LogP contribution is 2.30. The summed E-state index contributed by atoms with van der Waals surface area (Å²) in [5.41, 5.74) is -0.123. The number of para-hydroxylation sites is 1. The average Bonchev–Trinajstić information content (AvgIpc) is 2.36. The topological polar surface area (TPSA) is 124 Å². The standard InChI is InChI=1S/C12H13NO6S/c1-6(14)13-8(11(17)18)5-20-12(19)7-3-2-4-9(15)10(7)16/h2-4,8,15-16H,5H2,1H3,(H,13,14)(H,17,18)/t8-/m1/s1. The second kappa shape index (κ2) is 6.80. The number of carboxylic acids is 1. The number of phenols is 2. The van der Waals surface area contributed by atoms with Crippen LogP contribution in [0.15, 0.2) is 18.2 Å². The van der Waals surface area contributed by atoms with Crippen LogP contribution in [0.3, 0.4) is 0 Å². The van der Waals surface area contributed by atoms with Gasteiger partial charge in [-0.1, -0.05) is 17.8 Å². The van der Waals surface area contributed by atoms with Gasteiger partial charge >= 0.3 is 5.97 Å². The number of benzene rings is 1. The Balaban J connectivity index is 2.73. The van der Waals surface area contributed by atoms with E-state index in [1.807, 2.05) is 0 Å². The van der Waals surface area contributed by atoms with Crippen molar-refractivity contribution in [3.05, 3.63) is 23.8 Å². The summed E-state index contributed by atoms with van der Waals surface area (Å²) in [6.45, 7) is 1.17. The van der Waals surface area contributed by atoms with Crippen LogP contribution in [0.1, 0.15) is 17.3 Å². The molecule has 0 radical (unpaired) electrons. The van der Waals surface area contributed by atoms with Gasteiger partial charge in [0.15, 0.2) is 11.5 Å². The zero-order valence-electron chi connectivity index (χ0n) is 10.5. The Morgan fingerprint density at radius 3 is 2.50 bits per heavy atom. The van der Waals surface area contributed by atoms with Gasteiger partial charge in [-0.05, 0) is 12.1 Å². The highest BCUT2D eigenvalue weighted by Gasteiger charge is 2.22. The molecule has 7 nitrogen and oxygen atoms in total. The molecule has 0 aliphatic rings. The molecule has 1 rings (SSSR count). The third kappa shape index (κ3) is 4.16. The number of amides is 1. The minimum absolute atomic E-state index is 0.123. The van der Waals surface area contributed by atoms with Gasteiger partial charge in [-0.15, -0.1) is 0 Å². The van der Waals surface area contributed by atoms with E-state index in [1.165, 1.54) is 25.1 Å². The van der Waals surface area contributed by atoms with E-state index in [-0.39, 0.29) is 11.3 Å². The Morgan fingerprint density at radius 1 is 1.30 bits per heavy atom. The van der Waals surface area contributed by atoms with Crippen molar-refractivity contribution < 1.29 is 29.7 Å². The Morgan fingerprint density at radius 2 is 1.95 bits per heavy atom. The normalized spacial score (nSPS) is 11.7. The number of rotatable bonds is 5. The first-order valence-electron chi connectivity index (χ1n) is 5.51. The molecule has 4 N–H and O–H groups in total. The van der Waals surface area contributed by atoms with Crippen molar-refractivity contribution in [2.45, 2.75) is 13.0 Å². The minimum Gasteiger partial charge on any atom is -0.504 e. The fraction of sp³-hybridized carbons (Fsp3) is 0.250. The second-order valence-electron chi connectivity index (χ2n) is 3.86. The Bertz CT molecular complexity index is 545. The number of carbonyl (C=O) groups excluding carboxylic acids is 2. The number of hydrogen-bond acceptors (Lipinski definition) is 6. The Hall–Kier alpha value is -2.22. The van der Waals surface area contributed by atoms with Gasteiger partial charge in [0.05, 0.1) is 5.56 Å². The van der Waals surface area contributed by atoms with Crippen molar-refractivity contribution in [2.24, 2.45) is 0 Å². The van der Waals surface area contributed by atoms with Gasteiger partial charge in [0.25, 0.3) is 0 Å². The maximum atomic E-state index is 11.8. The van der Waals surface area contributed by atoms with Gasteiger partial charge in [-0.3, -0.25) is 9.59 Å². The van der Waals surface area contributed by atoms with Gasteiger partial charge in [0.2, 0.25) is 11.0 Å². The number of hydrogen-bond donors (Lipinski definition) is 4. The van der Waals surface area contributed by atoms with Gasteiger partial charge in [-0.2, -0.15) is 0 Å². The predicted octanol–water partition coefficient (Wildman–Crippen LogP) is 0.560. The molecule has 0 fully saturated rings. The highest BCUT2D eigenvalue weighted by molar-refractivity contribution is 8.14. The SMILES string of the molecule is CC(=O)N[C@H](CSC(=O)c1cccc(O)c1O)C(=O)O. The summed E-state index contributed by atoms with van der Waals surface area (Å²) in [6, 6.07) is 2.69. The lowest BCUT2D eigenvalue weighted by atomic mass is 10.2. The lowest BCUT2D eigenvalue weighted by Crippen LogP contribution is -2.41. The Labute approximate surface area is 118 Å². The third-order valence-electron chi connectivity index (χ3n) is 2.29. The second-order valence-corrected chi connectivity index (χ2v) is 4.86. The molecule has 1 aromatic carbocycles. The van der Waals surface area contributed by atoms with Crippen molar-refractivity contribution in [1.82, 2.24) is 5.32 Å². The van der Waals surface area contributed by atoms with Crippen LogP contribution in [-0.4, -0.2) is 44.1 Å². The molecule has 20 heavy (non-hydrogen) atoms. The van der Waals surface area contributed by atoms with Crippen LogP contribution in [0, 0.1) is 0 Å². The van der Waals surface area contributed by atoms with E-state index in [0.29, 0.717) is 11.8 Å². The molecule has 0 bridgehead atoms.